The van der Waals surface area contributed by atoms with Crippen LogP contribution in [0.5, 0.6) is 0 Å². The van der Waals surface area contributed by atoms with Crippen LogP contribution in [0.4, 0.5) is 0 Å². The van der Waals surface area contributed by atoms with Crippen LogP contribution in [0.1, 0.15) is 47.1 Å². The van der Waals surface area contributed by atoms with Gasteiger partial charge in [-0.05, 0) is 50.6 Å². The number of ketones is 1. The fourth-order valence-corrected chi connectivity index (χ4v) is 2.47. The maximum Gasteiger partial charge on any atom is 0.251 e. The van der Waals surface area contributed by atoms with Crippen molar-refractivity contribution in [3.05, 3.63) is 69.2 Å². The number of Topliss-reactive ketones (excluding diaryl/α,β-unsaturated/α-hetero) is 1. The molecule has 0 aliphatic rings. The number of benzene rings is 2. The highest BCUT2D eigenvalue weighted by molar-refractivity contribution is 6.42. The second-order valence-corrected chi connectivity index (χ2v) is 6.66. The molecule has 0 aliphatic heterocycles. The number of carbonyl (C=O) groups excluding carboxylic acids is 2. The summed E-state index contributed by atoms with van der Waals surface area (Å²) in [6, 6.07) is 11.8. The van der Waals surface area contributed by atoms with Crippen molar-refractivity contribution in [1.29, 1.82) is 0 Å². The first kappa shape index (κ1) is 17.5. The minimum absolute atomic E-state index is 0.0342. The van der Waals surface area contributed by atoms with E-state index in [-0.39, 0.29) is 11.7 Å². The predicted molar refractivity (Wildman–Crippen MR) is 93.4 cm³/mol. The SMILES string of the molecule is CC(=O)c1ccc(C(=O)NC(C)(C)c2ccc(Cl)c(Cl)c2)cc1. The average Bonchev–Trinajstić information content (AvgIpc) is 2.49. The second-order valence-electron chi connectivity index (χ2n) is 5.84. The van der Waals surface area contributed by atoms with E-state index in [0.717, 1.165) is 5.56 Å². The summed E-state index contributed by atoms with van der Waals surface area (Å²) in [6.45, 7) is 5.26. The number of nitrogens with one attached hydrogen (secondary N) is 1. The van der Waals surface area contributed by atoms with Gasteiger partial charge in [0.25, 0.3) is 5.91 Å². The molecule has 0 spiro atoms. The highest BCUT2D eigenvalue weighted by Gasteiger charge is 2.24. The van der Waals surface area contributed by atoms with Crippen LogP contribution in [0, 0.1) is 0 Å². The molecule has 0 aromatic heterocycles. The third kappa shape index (κ3) is 4.12. The van der Waals surface area contributed by atoms with Crippen LogP contribution in [0.25, 0.3) is 0 Å². The van der Waals surface area contributed by atoms with E-state index in [0.29, 0.717) is 21.2 Å². The molecule has 1 N–H and O–H groups in total. The van der Waals surface area contributed by atoms with Gasteiger partial charge in [-0.25, -0.2) is 0 Å². The summed E-state index contributed by atoms with van der Waals surface area (Å²) in [7, 11) is 0. The Bertz CT molecular complexity index is 752. The molecule has 0 saturated carbocycles. The summed E-state index contributed by atoms with van der Waals surface area (Å²) < 4.78 is 0. The molecule has 2 aromatic rings. The predicted octanol–water partition coefficient (Wildman–Crippen LogP) is 4.86. The molecule has 0 atom stereocenters. The number of halogens is 2. The number of rotatable bonds is 4. The molecular weight excluding hydrogens is 333 g/mol. The van der Waals surface area contributed by atoms with Gasteiger partial charge in [-0.2, -0.15) is 0 Å². The van der Waals surface area contributed by atoms with Crippen LogP contribution >= 0.6 is 23.2 Å². The van der Waals surface area contributed by atoms with Gasteiger partial charge in [0.2, 0.25) is 0 Å². The third-order valence-corrected chi connectivity index (χ3v) is 4.36. The number of carbonyl (C=O) groups is 2. The fraction of sp³-hybridized carbons (Fsp3) is 0.222. The van der Waals surface area contributed by atoms with Crippen molar-refractivity contribution in [3.8, 4) is 0 Å². The first-order chi connectivity index (χ1) is 10.7. The lowest BCUT2D eigenvalue weighted by Crippen LogP contribution is -2.41. The molecule has 1 amide bonds. The van der Waals surface area contributed by atoms with Gasteiger partial charge in [-0.3, -0.25) is 9.59 Å². The molecule has 0 unspecified atom stereocenters. The number of amides is 1. The lowest BCUT2D eigenvalue weighted by atomic mass is 9.93. The molecule has 2 aromatic carbocycles. The summed E-state index contributed by atoms with van der Waals surface area (Å²) in [5.41, 5.74) is 1.29. The van der Waals surface area contributed by atoms with Gasteiger partial charge in [0, 0.05) is 11.1 Å². The summed E-state index contributed by atoms with van der Waals surface area (Å²) >= 11 is 12.0. The molecule has 0 heterocycles. The van der Waals surface area contributed by atoms with E-state index in [9.17, 15) is 9.59 Å². The van der Waals surface area contributed by atoms with Crippen LogP contribution in [0.15, 0.2) is 42.5 Å². The molecule has 0 fully saturated rings. The van der Waals surface area contributed by atoms with Crippen LogP contribution in [-0.2, 0) is 5.54 Å². The van der Waals surface area contributed by atoms with Gasteiger partial charge in [0.15, 0.2) is 5.78 Å². The Morgan fingerprint density at radius 1 is 0.913 bits per heavy atom. The van der Waals surface area contributed by atoms with Gasteiger partial charge in [0.1, 0.15) is 0 Å². The Balaban J connectivity index is 2.20. The Morgan fingerprint density at radius 2 is 1.48 bits per heavy atom. The highest BCUT2D eigenvalue weighted by atomic mass is 35.5. The molecule has 0 saturated heterocycles. The van der Waals surface area contributed by atoms with Crippen molar-refractivity contribution in [2.45, 2.75) is 26.3 Å². The van der Waals surface area contributed by atoms with Gasteiger partial charge >= 0.3 is 0 Å². The van der Waals surface area contributed by atoms with Gasteiger partial charge in [-0.1, -0.05) is 41.4 Å². The van der Waals surface area contributed by atoms with Crippen LogP contribution < -0.4 is 5.32 Å². The number of hydrogen-bond donors (Lipinski definition) is 1. The summed E-state index contributed by atoms with van der Waals surface area (Å²) in [6.07, 6.45) is 0. The molecule has 2 rings (SSSR count). The van der Waals surface area contributed by atoms with Crippen molar-refractivity contribution in [2.24, 2.45) is 0 Å². The molecule has 120 valence electrons. The van der Waals surface area contributed by atoms with Crippen LogP contribution in [-0.4, -0.2) is 11.7 Å². The van der Waals surface area contributed by atoms with Gasteiger partial charge in [0.05, 0.1) is 15.6 Å². The van der Waals surface area contributed by atoms with E-state index in [2.05, 4.69) is 5.32 Å². The Hall–Kier alpha value is -1.84. The fourth-order valence-electron chi connectivity index (χ4n) is 2.17. The van der Waals surface area contributed by atoms with Gasteiger partial charge < -0.3 is 5.32 Å². The largest absolute Gasteiger partial charge is 0.343 e. The van der Waals surface area contributed by atoms with E-state index >= 15 is 0 Å². The molecule has 0 aliphatic carbocycles. The second kappa shape index (κ2) is 6.73. The average molecular weight is 350 g/mol. The molecule has 23 heavy (non-hydrogen) atoms. The molecular formula is C18H17Cl2NO2. The molecule has 0 radical (unpaired) electrons. The lowest BCUT2D eigenvalue weighted by molar-refractivity contribution is 0.0910. The lowest BCUT2D eigenvalue weighted by Gasteiger charge is -2.27. The van der Waals surface area contributed by atoms with E-state index in [1.807, 2.05) is 19.9 Å². The van der Waals surface area contributed by atoms with E-state index < -0.39 is 5.54 Å². The summed E-state index contributed by atoms with van der Waals surface area (Å²) in [5.74, 6) is -0.260. The standard InChI is InChI=1S/C18H17Cl2NO2/c1-11(22)12-4-6-13(7-5-12)17(23)21-18(2,3)14-8-9-15(19)16(20)10-14/h4-10H,1-3H3,(H,21,23). The van der Waals surface area contributed by atoms with Crippen molar-refractivity contribution >= 4 is 34.9 Å². The molecule has 5 heteroatoms. The summed E-state index contributed by atoms with van der Waals surface area (Å²) in [4.78, 5) is 23.7. The minimum Gasteiger partial charge on any atom is -0.343 e. The van der Waals surface area contributed by atoms with E-state index in [1.54, 1.807) is 36.4 Å². The van der Waals surface area contributed by atoms with Crippen molar-refractivity contribution < 1.29 is 9.59 Å². The minimum atomic E-state index is -0.620. The Morgan fingerprint density at radius 3 is 2.00 bits per heavy atom. The quantitative estimate of drug-likeness (QED) is 0.801. The normalized spacial score (nSPS) is 11.2. The van der Waals surface area contributed by atoms with Crippen molar-refractivity contribution in [3.63, 3.8) is 0 Å². The maximum atomic E-state index is 12.4. The third-order valence-electron chi connectivity index (χ3n) is 3.62. The monoisotopic (exact) mass is 349 g/mol. The summed E-state index contributed by atoms with van der Waals surface area (Å²) in [5, 5.41) is 3.87. The van der Waals surface area contributed by atoms with Gasteiger partial charge in [-0.15, -0.1) is 0 Å². The number of hydrogen-bond acceptors (Lipinski definition) is 2. The first-order valence-corrected chi connectivity index (χ1v) is 7.85. The van der Waals surface area contributed by atoms with Crippen LogP contribution in [0.3, 0.4) is 0 Å². The highest BCUT2D eigenvalue weighted by Crippen LogP contribution is 2.28. The van der Waals surface area contributed by atoms with E-state index in [1.165, 1.54) is 6.92 Å². The van der Waals surface area contributed by atoms with Crippen LogP contribution in [0.2, 0.25) is 10.0 Å². The molecule has 3 nitrogen and oxygen atoms in total. The Kier molecular flexibility index (Phi) is 5.12. The zero-order chi connectivity index (χ0) is 17.2. The van der Waals surface area contributed by atoms with Crippen molar-refractivity contribution in [2.75, 3.05) is 0 Å². The van der Waals surface area contributed by atoms with E-state index in [4.69, 9.17) is 23.2 Å². The maximum absolute atomic E-state index is 12.4. The van der Waals surface area contributed by atoms with Crippen molar-refractivity contribution in [1.82, 2.24) is 5.32 Å². The topological polar surface area (TPSA) is 46.2 Å². The zero-order valence-electron chi connectivity index (χ0n) is 13.1. The first-order valence-electron chi connectivity index (χ1n) is 7.10. The zero-order valence-corrected chi connectivity index (χ0v) is 14.6. The molecule has 0 bridgehead atoms. The smallest absolute Gasteiger partial charge is 0.251 e. The Labute approximate surface area is 145 Å².